The van der Waals surface area contributed by atoms with Gasteiger partial charge >= 0.3 is 0 Å². The van der Waals surface area contributed by atoms with Crippen molar-refractivity contribution >= 4 is 31.9 Å². The molecule has 0 heterocycles. The van der Waals surface area contributed by atoms with Crippen molar-refractivity contribution in [2.24, 2.45) is 0 Å². The number of halogens is 3. The first-order valence-electron chi connectivity index (χ1n) is 4.62. The van der Waals surface area contributed by atoms with Gasteiger partial charge in [-0.05, 0) is 31.5 Å². The fraction of sp³-hybridized carbons (Fsp3) is 0.455. The van der Waals surface area contributed by atoms with Crippen molar-refractivity contribution < 1.29 is 9.50 Å². The maximum atomic E-state index is 13.5. The van der Waals surface area contributed by atoms with E-state index in [0.29, 0.717) is 0 Å². The lowest BCUT2D eigenvalue weighted by Crippen LogP contribution is -2.33. The van der Waals surface area contributed by atoms with Crippen LogP contribution in [0, 0.1) is 0 Å². The third-order valence-electron chi connectivity index (χ3n) is 2.25. The van der Waals surface area contributed by atoms with Crippen LogP contribution in [-0.2, 0) is 6.42 Å². The number of aliphatic hydroxyl groups excluding tert-OH is 1. The molecule has 0 aromatic heterocycles. The van der Waals surface area contributed by atoms with E-state index < -0.39 is 11.8 Å². The Morgan fingerprint density at radius 2 is 1.80 bits per heavy atom. The molecule has 1 rings (SSSR count). The number of alkyl halides is 1. The van der Waals surface area contributed by atoms with E-state index >= 15 is 0 Å². The molecule has 1 unspecified atom stereocenters. The van der Waals surface area contributed by atoms with Crippen molar-refractivity contribution in [1.82, 2.24) is 0 Å². The van der Waals surface area contributed by atoms with E-state index in [1.165, 1.54) is 13.8 Å². The molecule has 1 atom stereocenters. The van der Waals surface area contributed by atoms with Crippen LogP contribution in [0.15, 0.2) is 27.1 Å². The predicted molar refractivity (Wildman–Crippen MR) is 66.7 cm³/mol. The molecule has 0 saturated heterocycles. The zero-order valence-corrected chi connectivity index (χ0v) is 11.8. The fourth-order valence-electron chi connectivity index (χ4n) is 1.16. The molecule has 0 aliphatic rings. The number of aliphatic hydroxyl groups is 1. The van der Waals surface area contributed by atoms with Gasteiger partial charge < -0.3 is 5.11 Å². The third-order valence-corrected chi connectivity index (χ3v) is 3.74. The summed E-state index contributed by atoms with van der Waals surface area (Å²) in [5.74, 6) is 0. The molecule has 0 amide bonds. The summed E-state index contributed by atoms with van der Waals surface area (Å²) in [4.78, 5) is 0. The first kappa shape index (κ1) is 13.1. The number of benzene rings is 1. The lowest BCUT2D eigenvalue weighted by atomic mass is 9.97. The minimum Gasteiger partial charge on any atom is -0.389 e. The first-order chi connectivity index (χ1) is 6.82. The van der Waals surface area contributed by atoms with Crippen LogP contribution in [0.5, 0.6) is 0 Å². The Morgan fingerprint density at radius 1 is 1.33 bits per heavy atom. The Kier molecular flexibility index (Phi) is 4.32. The van der Waals surface area contributed by atoms with E-state index in [0.717, 1.165) is 14.5 Å². The van der Waals surface area contributed by atoms with Crippen molar-refractivity contribution in [2.75, 3.05) is 0 Å². The second-order valence-corrected chi connectivity index (χ2v) is 5.69. The summed E-state index contributed by atoms with van der Waals surface area (Å²) in [7, 11) is 0. The fourth-order valence-corrected chi connectivity index (χ4v) is 2.49. The lowest BCUT2D eigenvalue weighted by Gasteiger charge is -2.22. The molecular formula is C11H13Br2FO. The minimum atomic E-state index is -1.59. The van der Waals surface area contributed by atoms with Gasteiger partial charge in [0.15, 0.2) is 0 Å². The van der Waals surface area contributed by atoms with Crippen LogP contribution in [-0.4, -0.2) is 16.9 Å². The van der Waals surface area contributed by atoms with Crippen molar-refractivity contribution in [1.29, 1.82) is 0 Å². The second-order valence-electron chi connectivity index (χ2n) is 3.98. The predicted octanol–water partition coefficient (Wildman–Crippen LogP) is 3.86. The molecule has 0 bridgehead atoms. The van der Waals surface area contributed by atoms with E-state index in [1.807, 2.05) is 18.2 Å². The zero-order valence-electron chi connectivity index (χ0n) is 8.60. The highest BCUT2D eigenvalue weighted by Crippen LogP contribution is 2.29. The van der Waals surface area contributed by atoms with Crippen molar-refractivity contribution in [3.8, 4) is 0 Å². The molecule has 4 heteroatoms. The van der Waals surface area contributed by atoms with Gasteiger partial charge in [-0.1, -0.05) is 37.9 Å². The molecule has 0 fully saturated rings. The normalized spacial score (nSPS) is 14.0. The highest BCUT2D eigenvalue weighted by molar-refractivity contribution is 9.11. The standard InChI is InChI=1S/C11H13Br2FO/c1-11(2,14)10(15)6-7-8(12)4-3-5-9(7)13/h3-5,10,15H,6H2,1-2H3. The van der Waals surface area contributed by atoms with Gasteiger partial charge in [-0.15, -0.1) is 0 Å². The Hall–Kier alpha value is 0.0700. The Labute approximate surface area is 106 Å². The Morgan fingerprint density at radius 3 is 2.20 bits per heavy atom. The van der Waals surface area contributed by atoms with Gasteiger partial charge in [-0.2, -0.15) is 0 Å². The smallest absolute Gasteiger partial charge is 0.131 e. The molecule has 15 heavy (non-hydrogen) atoms. The third kappa shape index (κ3) is 3.54. The zero-order chi connectivity index (χ0) is 11.6. The van der Waals surface area contributed by atoms with Crippen LogP contribution < -0.4 is 0 Å². The summed E-state index contributed by atoms with van der Waals surface area (Å²) in [6, 6.07) is 5.63. The molecular weight excluding hydrogens is 327 g/mol. The number of rotatable bonds is 3. The largest absolute Gasteiger partial charge is 0.389 e. The van der Waals surface area contributed by atoms with Gasteiger partial charge in [0.1, 0.15) is 5.67 Å². The summed E-state index contributed by atoms with van der Waals surface area (Å²) in [5.41, 5.74) is -0.704. The molecule has 1 aromatic carbocycles. The van der Waals surface area contributed by atoms with Crippen LogP contribution in [0.2, 0.25) is 0 Å². The monoisotopic (exact) mass is 338 g/mol. The first-order valence-corrected chi connectivity index (χ1v) is 6.21. The van der Waals surface area contributed by atoms with Crippen LogP contribution in [0.3, 0.4) is 0 Å². The number of hydrogen-bond acceptors (Lipinski definition) is 1. The molecule has 1 aromatic rings. The molecule has 1 nitrogen and oxygen atoms in total. The quantitative estimate of drug-likeness (QED) is 0.886. The summed E-state index contributed by atoms with van der Waals surface area (Å²) in [5, 5.41) is 9.67. The molecule has 0 aliphatic carbocycles. The van der Waals surface area contributed by atoms with Crippen LogP contribution in [0.1, 0.15) is 19.4 Å². The maximum absolute atomic E-state index is 13.5. The minimum absolute atomic E-state index is 0.283. The molecule has 0 saturated carbocycles. The van der Waals surface area contributed by atoms with Gasteiger partial charge in [0.25, 0.3) is 0 Å². The maximum Gasteiger partial charge on any atom is 0.131 e. The van der Waals surface area contributed by atoms with Gasteiger partial charge in [0.2, 0.25) is 0 Å². The molecule has 0 aliphatic heterocycles. The van der Waals surface area contributed by atoms with Crippen molar-refractivity contribution in [2.45, 2.75) is 32.0 Å². The van der Waals surface area contributed by atoms with E-state index in [2.05, 4.69) is 31.9 Å². The summed E-state index contributed by atoms with van der Waals surface area (Å²) >= 11 is 6.76. The second kappa shape index (κ2) is 4.93. The summed E-state index contributed by atoms with van der Waals surface area (Å²) < 4.78 is 15.2. The Balaban J connectivity index is 2.90. The molecule has 0 spiro atoms. The number of hydrogen-bond donors (Lipinski definition) is 1. The van der Waals surface area contributed by atoms with Gasteiger partial charge in [-0.25, -0.2) is 4.39 Å². The SMILES string of the molecule is CC(C)(F)C(O)Cc1c(Br)cccc1Br. The average Bonchev–Trinajstić information content (AvgIpc) is 2.09. The van der Waals surface area contributed by atoms with Gasteiger partial charge in [-0.3, -0.25) is 0 Å². The van der Waals surface area contributed by atoms with Crippen LogP contribution in [0.25, 0.3) is 0 Å². The van der Waals surface area contributed by atoms with Crippen molar-refractivity contribution in [3.05, 3.63) is 32.7 Å². The van der Waals surface area contributed by atoms with Crippen LogP contribution in [0.4, 0.5) is 4.39 Å². The highest BCUT2D eigenvalue weighted by atomic mass is 79.9. The summed E-state index contributed by atoms with van der Waals surface area (Å²) in [6.45, 7) is 2.75. The van der Waals surface area contributed by atoms with E-state index in [4.69, 9.17) is 0 Å². The Bertz CT molecular complexity index is 327. The van der Waals surface area contributed by atoms with E-state index in [-0.39, 0.29) is 6.42 Å². The van der Waals surface area contributed by atoms with E-state index in [9.17, 15) is 9.50 Å². The van der Waals surface area contributed by atoms with E-state index in [1.54, 1.807) is 0 Å². The van der Waals surface area contributed by atoms with Gasteiger partial charge in [0.05, 0.1) is 6.10 Å². The average molecular weight is 340 g/mol. The molecule has 0 radical (unpaired) electrons. The molecule has 1 N–H and O–H groups in total. The summed E-state index contributed by atoms with van der Waals surface area (Å²) in [6.07, 6.45) is -0.724. The van der Waals surface area contributed by atoms with Crippen molar-refractivity contribution in [3.63, 3.8) is 0 Å². The van der Waals surface area contributed by atoms with Gasteiger partial charge in [0, 0.05) is 15.4 Å². The molecule has 84 valence electrons. The topological polar surface area (TPSA) is 20.2 Å². The lowest BCUT2D eigenvalue weighted by molar-refractivity contribution is 0.0178. The highest BCUT2D eigenvalue weighted by Gasteiger charge is 2.28. The van der Waals surface area contributed by atoms with Crippen LogP contribution >= 0.6 is 31.9 Å².